The monoisotopic (exact) mass is 425 g/mol. The number of hydrogen-bond donors (Lipinski definition) is 1. The zero-order valence-corrected chi connectivity index (χ0v) is 19.2. The normalized spacial score (nSPS) is 16.8. The molecule has 1 saturated heterocycles. The van der Waals surface area contributed by atoms with E-state index in [0.717, 1.165) is 35.6 Å². The number of carbonyl (C=O) groups excluding carboxylic acids is 2. The second-order valence-electron chi connectivity index (χ2n) is 8.34. The summed E-state index contributed by atoms with van der Waals surface area (Å²) in [4.78, 5) is 27.9. The number of nitrogens with one attached hydrogen (secondary N) is 1. The average Bonchev–Trinajstić information content (AvgIpc) is 2.99. The molecule has 6 nitrogen and oxygen atoms in total. The zero-order chi connectivity index (χ0) is 22.4. The fourth-order valence-corrected chi connectivity index (χ4v) is 4.59. The molecule has 1 fully saturated rings. The molecule has 1 aliphatic rings. The summed E-state index contributed by atoms with van der Waals surface area (Å²) in [7, 11) is 0. The third kappa shape index (κ3) is 5.37. The molecule has 0 saturated carbocycles. The van der Waals surface area contributed by atoms with E-state index in [-0.39, 0.29) is 18.4 Å². The number of esters is 1. The highest BCUT2D eigenvalue weighted by molar-refractivity contribution is 5.95. The minimum atomic E-state index is -0.340. The van der Waals surface area contributed by atoms with E-state index in [1.54, 1.807) is 6.92 Å². The lowest BCUT2D eigenvalue weighted by Crippen LogP contribution is -2.43. The summed E-state index contributed by atoms with van der Waals surface area (Å²) in [6.07, 6.45) is 3.76. The van der Waals surface area contributed by atoms with Crippen LogP contribution in [0.1, 0.15) is 54.7 Å². The lowest BCUT2D eigenvalue weighted by atomic mass is 10.0. The minimum absolute atomic E-state index is 0.0460. The number of ether oxygens (including phenoxy) is 1. The molecule has 3 rings (SSSR count). The molecule has 2 aromatic rings. The van der Waals surface area contributed by atoms with Crippen molar-refractivity contribution >= 4 is 11.9 Å². The van der Waals surface area contributed by atoms with Crippen LogP contribution >= 0.6 is 0 Å². The van der Waals surface area contributed by atoms with Crippen LogP contribution in [0.15, 0.2) is 30.3 Å². The van der Waals surface area contributed by atoms with Gasteiger partial charge in [0.25, 0.3) is 0 Å². The molecular formula is C25H35N3O3. The minimum Gasteiger partial charge on any atom is -0.462 e. The van der Waals surface area contributed by atoms with E-state index in [1.807, 2.05) is 48.7 Å². The molecule has 1 N–H and O–H groups in total. The molecule has 1 aromatic carbocycles. The van der Waals surface area contributed by atoms with Crippen LogP contribution in [0.25, 0.3) is 11.3 Å². The largest absolute Gasteiger partial charge is 0.462 e. The van der Waals surface area contributed by atoms with E-state index in [4.69, 9.17) is 4.74 Å². The number of nitrogens with zero attached hydrogens (tertiary/aromatic N) is 2. The van der Waals surface area contributed by atoms with Gasteiger partial charge in [-0.15, -0.1) is 0 Å². The third-order valence-electron chi connectivity index (χ3n) is 6.26. The summed E-state index contributed by atoms with van der Waals surface area (Å²) >= 11 is 0. The van der Waals surface area contributed by atoms with Gasteiger partial charge in [0.1, 0.15) is 6.54 Å². The van der Waals surface area contributed by atoms with Crippen LogP contribution in [-0.4, -0.2) is 53.6 Å². The van der Waals surface area contributed by atoms with E-state index in [2.05, 4.69) is 17.1 Å². The van der Waals surface area contributed by atoms with Crippen LogP contribution < -0.4 is 5.32 Å². The van der Waals surface area contributed by atoms with Crippen molar-refractivity contribution in [1.29, 1.82) is 0 Å². The van der Waals surface area contributed by atoms with Crippen LogP contribution in [0, 0.1) is 13.8 Å². The highest BCUT2D eigenvalue weighted by atomic mass is 16.5. The first-order valence-corrected chi connectivity index (χ1v) is 11.4. The summed E-state index contributed by atoms with van der Waals surface area (Å²) in [5.74, 6) is -0.386. The van der Waals surface area contributed by atoms with Gasteiger partial charge in [-0.3, -0.25) is 9.69 Å². The van der Waals surface area contributed by atoms with Crippen molar-refractivity contribution in [1.82, 2.24) is 14.8 Å². The Hall–Kier alpha value is -2.60. The van der Waals surface area contributed by atoms with Crippen LogP contribution in [0.4, 0.5) is 0 Å². The average molecular weight is 426 g/mol. The summed E-state index contributed by atoms with van der Waals surface area (Å²) in [6, 6.07) is 10.5. The Morgan fingerprint density at radius 3 is 2.58 bits per heavy atom. The van der Waals surface area contributed by atoms with Crippen molar-refractivity contribution in [3.63, 3.8) is 0 Å². The number of likely N-dealkylation sites (tertiary alicyclic amines) is 1. The van der Waals surface area contributed by atoms with Gasteiger partial charge < -0.3 is 14.6 Å². The van der Waals surface area contributed by atoms with Gasteiger partial charge in [0.15, 0.2) is 0 Å². The number of hydrogen-bond acceptors (Lipinski definition) is 4. The van der Waals surface area contributed by atoms with Crippen LogP contribution in [0.2, 0.25) is 0 Å². The molecule has 6 heteroatoms. The zero-order valence-electron chi connectivity index (χ0n) is 19.2. The van der Waals surface area contributed by atoms with Gasteiger partial charge in [-0.05, 0) is 58.2 Å². The van der Waals surface area contributed by atoms with Crippen LogP contribution in [-0.2, 0) is 16.1 Å². The van der Waals surface area contributed by atoms with E-state index < -0.39 is 0 Å². The summed E-state index contributed by atoms with van der Waals surface area (Å²) in [5, 5.41) is 3.07. The first kappa shape index (κ1) is 23.1. The summed E-state index contributed by atoms with van der Waals surface area (Å²) in [6.45, 7) is 11.0. The molecule has 0 aliphatic carbocycles. The Morgan fingerprint density at radius 1 is 1.16 bits per heavy atom. The Kier molecular flexibility index (Phi) is 7.91. The van der Waals surface area contributed by atoms with Crippen LogP contribution in [0.3, 0.4) is 0 Å². The Labute approximate surface area is 185 Å². The number of piperidine rings is 1. The molecule has 31 heavy (non-hydrogen) atoms. The van der Waals surface area contributed by atoms with Crippen molar-refractivity contribution in [2.75, 3.05) is 26.2 Å². The molecule has 0 bridgehead atoms. The van der Waals surface area contributed by atoms with Crippen molar-refractivity contribution in [2.24, 2.45) is 0 Å². The van der Waals surface area contributed by atoms with Gasteiger partial charge in [0, 0.05) is 24.8 Å². The fraction of sp³-hybridized carbons (Fsp3) is 0.520. The highest BCUT2D eigenvalue weighted by Gasteiger charge is 2.25. The first-order chi connectivity index (χ1) is 14.9. The van der Waals surface area contributed by atoms with Crippen LogP contribution in [0.5, 0.6) is 0 Å². The number of rotatable bonds is 8. The van der Waals surface area contributed by atoms with Gasteiger partial charge in [0.05, 0.1) is 17.9 Å². The molecule has 0 unspecified atom stereocenters. The van der Waals surface area contributed by atoms with E-state index in [1.165, 1.54) is 19.3 Å². The van der Waals surface area contributed by atoms with Crippen molar-refractivity contribution in [3.05, 3.63) is 47.2 Å². The van der Waals surface area contributed by atoms with Gasteiger partial charge in [-0.2, -0.15) is 0 Å². The Morgan fingerprint density at radius 2 is 1.90 bits per heavy atom. The molecule has 1 amide bonds. The second kappa shape index (κ2) is 10.6. The number of benzene rings is 1. The third-order valence-corrected chi connectivity index (χ3v) is 6.26. The molecule has 1 aliphatic heterocycles. The number of aromatic nitrogens is 1. The molecule has 1 aromatic heterocycles. The fourth-order valence-electron chi connectivity index (χ4n) is 4.59. The molecule has 1 atom stereocenters. The summed E-state index contributed by atoms with van der Waals surface area (Å²) < 4.78 is 7.22. The maximum Gasteiger partial charge on any atom is 0.340 e. The molecule has 0 radical (unpaired) electrons. The van der Waals surface area contributed by atoms with E-state index >= 15 is 0 Å². The van der Waals surface area contributed by atoms with Crippen molar-refractivity contribution in [3.8, 4) is 11.3 Å². The lowest BCUT2D eigenvalue weighted by Gasteiger charge is -2.33. The smallest absolute Gasteiger partial charge is 0.340 e. The Balaban J connectivity index is 1.78. The maximum atomic E-state index is 12.8. The highest BCUT2D eigenvalue weighted by Crippen LogP contribution is 2.31. The van der Waals surface area contributed by atoms with E-state index in [9.17, 15) is 9.59 Å². The summed E-state index contributed by atoms with van der Waals surface area (Å²) in [5.41, 5.74) is 4.02. The standard InChI is InChI=1S/C25H35N3O3/c1-5-31-25(30)23-19(3)24(21-12-7-6-8-13-21)28(20(23)4)17-22(29)26-14-16-27-15-10-9-11-18(27)2/h6-8,12-13,18H,5,9-11,14-17H2,1-4H3,(H,26,29)/t18-/m1/s1. The second-order valence-corrected chi connectivity index (χ2v) is 8.34. The van der Waals surface area contributed by atoms with Crippen molar-refractivity contribution < 1.29 is 14.3 Å². The lowest BCUT2D eigenvalue weighted by molar-refractivity contribution is -0.121. The molecule has 168 valence electrons. The van der Waals surface area contributed by atoms with Gasteiger partial charge in [0.2, 0.25) is 5.91 Å². The maximum absolute atomic E-state index is 12.8. The van der Waals surface area contributed by atoms with Crippen molar-refractivity contribution in [2.45, 2.75) is 59.5 Å². The predicted octanol–water partition coefficient (Wildman–Crippen LogP) is 3.94. The number of carbonyl (C=O) groups is 2. The van der Waals surface area contributed by atoms with Gasteiger partial charge >= 0.3 is 5.97 Å². The van der Waals surface area contributed by atoms with E-state index in [0.29, 0.717) is 24.8 Å². The number of amides is 1. The van der Waals surface area contributed by atoms with Gasteiger partial charge in [-0.25, -0.2) is 4.79 Å². The SMILES string of the molecule is CCOC(=O)c1c(C)c(-c2ccccc2)n(CC(=O)NCCN2CCCC[C@H]2C)c1C. The predicted molar refractivity (Wildman–Crippen MR) is 123 cm³/mol. The van der Waals surface area contributed by atoms with Gasteiger partial charge in [-0.1, -0.05) is 36.8 Å². The molecule has 0 spiro atoms. The molecule has 2 heterocycles. The Bertz CT molecular complexity index is 904. The first-order valence-electron chi connectivity index (χ1n) is 11.4. The topological polar surface area (TPSA) is 63.6 Å². The molecular weight excluding hydrogens is 390 g/mol. The quantitative estimate of drug-likeness (QED) is 0.651.